The highest BCUT2D eigenvalue weighted by atomic mass is 32.1. The van der Waals surface area contributed by atoms with Crippen LogP contribution >= 0.6 is 11.3 Å². The van der Waals surface area contributed by atoms with Crippen molar-refractivity contribution < 1.29 is 4.42 Å². The van der Waals surface area contributed by atoms with Crippen LogP contribution < -0.4 is 0 Å². The Morgan fingerprint density at radius 2 is 1.00 bits per heavy atom. The molecule has 0 amide bonds. The third-order valence-electron chi connectivity index (χ3n) is 13.7. The number of para-hydroxylation sites is 4. The molecule has 0 N–H and O–H groups in total. The minimum atomic E-state index is 0.652. The molecule has 0 radical (unpaired) electrons. The van der Waals surface area contributed by atoms with Crippen LogP contribution in [0.5, 0.6) is 0 Å². The molecule has 5 nitrogen and oxygen atoms in total. The lowest BCUT2D eigenvalue weighted by Gasteiger charge is -2.13. The fourth-order valence-corrected chi connectivity index (χ4v) is 12.0. The number of aromatic nitrogens is 4. The first-order valence-electron chi connectivity index (χ1n) is 22.3. The van der Waals surface area contributed by atoms with Gasteiger partial charge in [-0.2, -0.15) is 0 Å². The third kappa shape index (κ3) is 4.99. The summed E-state index contributed by atoms with van der Waals surface area (Å²) in [5, 5.41) is 12.8. The van der Waals surface area contributed by atoms with Gasteiger partial charge < -0.3 is 8.98 Å². The molecule has 0 bridgehead atoms. The summed E-state index contributed by atoms with van der Waals surface area (Å²) >= 11 is 1.84. The van der Waals surface area contributed by atoms with Crippen molar-refractivity contribution in [3.05, 3.63) is 206 Å². The van der Waals surface area contributed by atoms with Crippen LogP contribution in [0.3, 0.4) is 0 Å². The van der Waals surface area contributed by atoms with Gasteiger partial charge in [0, 0.05) is 58.7 Å². The van der Waals surface area contributed by atoms with E-state index in [1.807, 2.05) is 11.3 Å². The molecule has 0 unspecified atom stereocenters. The van der Waals surface area contributed by atoms with E-state index in [0.29, 0.717) is 5.95 Å². The van der Waals surface area contributed by atoms with Gasteiger partial charge in [-0.1, -0.05) is 146 Å². The predicted molar refractivity (Wildman–Crippen MR) is 277 cm³/mol. The second-order valence-electron chi connectivity index (χ2n) is 17.3. The Morgan fingerprint density at radius 3 is 1.79 bits per heavy atom. The molecule has 0 aliphatic carbocycles. The maximum atomic E-state index is 6.67. The van der Waals surface area contributed by atoms with Crippen LogP contribution in [0.1, 0.15) is 0 Å². The van der Waals surface area contributed by atoms with Crippen LogP contribution in [-0.4, -0.2) is 19.1 Å². The second-order valence-corrected chi connectivity index (χ2v) is 18.3. The molecule has 0 saturated carbocycles. The van der Waals surface area contributed by atoms with Crippen molar-refractivity contribution in [1.82, 2.24) is 19.1 Å². The first-order valence-corrected chi connectivity index (χ1v) is 23.1. The number of benzene rings is 10. The lowest BCUT2D eigenvalue weighted by Crippen LogP contribution is -2.03. The van der Waals surface area contributed by atoms with Crippen LogP contribution in [-0.2, 0) is 0 Å². The minimum absolute atomic E-state index is 0.652. The molecule has 66 heavy (non-hydrogen) atoms. The van der Waals surface area contributed by atoms with Gasteiger partial charge in [0.25, 0.3) is 0 Å². The highest BCUT2D eigenvalue weighted by Crippen LogP contribution is 2.47. The molecule has 0 atom stereocenters. The molecular formula is C60H34N4OS. The molecular weight excluding hydrogens is 825 g/mol. The van der Waals surface area contributed by atoms with E-state index in [-0.39, 0.29) is 0 Å². The lowest BCUT2D eigenvalue weighted by molar-refractivity contribution is 0.673. The normalized spacial score (nSPS) is 12.2. The van der Waals surface area contributed by atoms with E-state index in [2.05, 4.69) is 215 Å². The summed E-state index contributed by atoms with van der Waals surface area (Å²) in [6.07, 6.45) is 0. The van der Waals surface area contributed by atoms with Crippen molar-refractivity contribution in [2.24, 2.45) is 0 Å². The molecule has 306 valence electrons. The lowest BCUT2D eigenvalue weighted by atomic mass is 9.99. The average Bonchev–Trinajstić information content (AvgIpc) is 4.13. The Bertz CT molecular complexity index is 4540. The quantitative estimate of drug-likeness (QED) is 0.177. The molecule has 0 fully saturated rings. The van der Waals surface area contributed by atoms with E-state index >= 15 is 0 Å². The van der Waals surface area contributed by atoms with E-state index in [1.165, 1.54) is 52.8 Å². The third-order valence-corrected chi connectivity index (χ3v) is 14.9. The van der Waals surface area contributed by atoms with Gasteiger partial charge in [0.1, 0.15) is 11.2 Å². The summed E-state index contributed by atoms with van der Waals surface area (Å²) in [4.78, 5) is 10.7. The van der Waals surface area contributed by atoms with Crippen LogP contribution in [0.4, 0.5) is 0 Å². The molecule has 15 aromatic rings. The van der Waals surface area contributed by atoms with Crippen LogP contribution in [0, 0.1) is 0 Å². The number of nitrogens with zero attached hydrogens (tertiary/aromatic N) is 4. The van der Waals surface area contributed by atoms with Gasteiger partial charge in [-0.15, -0.1) is 11.3 Å². The summed E-state index contributed by atoms with van der Waals surface area (Å²) in [6, 6.07) is 74.1. The molecule has 0 aliphatic heterocycles. The molecule has 10 aromatic carbocycles. The molecule has 0 spiro atoms. The van der Waals surface area contributed by atoms with Crippen molar-refractivity contribution in [2.75, 3.05) is 0 Å². The van der Waals surface area contributed by atoms with E-state index in [9.17, 15) is 0 Å². The molecule has 0 saturated heterocycles. The summed E-state index contributed by atoms with van der Waals surface area (Å²) in [6.45, 7) is 0. The second kappa shape index (κ2) is 13.5. The summed E-state index contributed by atoms with van der Waals surface area (Å²) in [7, 11) is 0. The van der Waals surface area contributed by atoms with E-state index < -0.39 is 0 Å². The Hall–Kier alpha value is -8.58. The summed E-state index contributed by atoms with van der Waals surface area (Å²) in [5.41, 5.74) is 12.7. The van der Waals surface area contributed by atoms with Crippen molar-refractivity contribution in [2.45, 2.75) is 0 Å². The van der Waals surface area contributed by atoms with E-state index in [4.69, 9.17) is 14.4 Å². The average molecular weight is 859 g/mol. The van der Waals surface area contributed by atoms with Gasteiger partial charge in [-0.25, -0.2) is 9.97 Å². The van der Waals surface area contributed by atoms with E-state index in [0.717, 1.165) is 82.7 Å². The van der Waals surface area contributed by atoms with Gasteiger partial charge in [0.15, 0.2) is 0 Å². The molecule has 0 aliphatic rings. The molecule has 6 heteroatoms. The summed E-state index contributed by atoms with van der Waals surface area (Å²) < 4.78 is 13.8. The molecule has 15 rings (SSSR count). The fourth-order valence-electron chi connectivity index (χ4n) is 10.8. The van der Waals surface area contributed by atoms with Crippen molar-refractivity contribution in [1.29, 1.82) is 0 Å². The number of thiophene rings is 1. The van der Waals surface area contributed by atoms with Gasteiger partial charge >= 0.3 is 0 Å². The smallest absolute Gasteiger partial charge is 0.235 e. The fraction of sp³-hybridized carbons (Fsp3) is 0. The zero-order valence-corrected chi connectivity index (χ0v) is 36.1. The monoisotopic (exact) mass is 858 g/mol. The van der Waals surface area contributed by atoms with Gasteiger partial charge in [-0.3, -0.25) is 4.57 Å². The topological polar surface area (TPSA) is 48.8 Å². The number of hydrogen-bond donors (Lipinski definition) is 0. The maximum absolute atomic E-state index is 6.67. The van der Waals surface area contributed by atoms with Gasteiger partial charge in [0.2, 0.25) is 5.95 Å². The Balaban J connectivity index is 0.934. The van der Waals surface area contributed by atoms with Gasteiger partial charge in [0.05, 0.1) is 43.7 Å². The van der Waals surface area contributed by atoms with Crippen molar-refractivity contribution in [3.8, 4) is 34.0 Å². The van der Waals surface area contributed by atoms with Crippen LogP contribution in [0.15, 0.2) is 211 Å². The van der Waals surface area contributed by atoms with Crippen LogP contribution in [0.25, 0.3) is 141 Å². The first-order chi connectivity index (χ1) is 32.7. The highest BCUT2D eigenvalue weighted by molar-refractivity contribution is 7.26. The van der Waals surface area contributed by atoms with Crippen molar-refractivity contribution >= 4 is 119 Å². The number of furan rings is 1. The largest absolute Gasteiger partial charge is 0.455 e. The Kier molecular flexibility index (Phi) is 7.31. The zero-order valence-electron chi connectivity index (χ0n) is 35.2. The predicted octanol–water partition coefficient (Wildman–Crippen LogP) is 16.6. The minimum Gasteiger partial charge on any atom is -0.455 e. The van der Waals surface area contributed by atoms with Crippen LogP contribution in [0.2, 0.25) is 0 Å². The Labute approximate surface area is 380 Å². The van der Waals surface area contributed by atoms with Gasteiger partial charge in [-0.05, 0) is 82.6 Å². The molecule has 5 aromatic heterocycles. The number of hydrogen-bond acceptors (Lipinski definition) is 4. The summed E-state index contributed by atoms with van der Waals surface area (Å²) in [5.74, 6) is 0.652. The number of rotatable bonds is 4. The first kappa shape index (κ1) is 35.8. The SMILES string of the molecule is c1ccc2c(-c3nc(-n4c5ccccc5c5cc(-c6ccc7c(c6)c6ccccc6n7-c6cc7c8ccccc8oc7c7c6sc6ccccc67)ccc54)nc4ccccc34)cccc2c1. The van der Waals surface area contributed by atoms with Crippen molar-refractivity contribution in [3.63, 3.8) is 0 Å². The highest BCUT2D eigenvalue weighted by Gasteiger charge is 2.23. The number of fused-ring (bicyclic) bond motifs is 15. The zero-order chi connectivity index (χ0) is 43.0. The standard InChI is InChI=1S/C60H34N4OS/c1-2-16-38-35(14-1)15-13-22-42(38)57-43-20-3-8-23-48(43)61-60(62-57)64-50-25-10-5-18-40(50)46-33-37(29-31-52(46)64)36-28-30-51-45(32-36)39-17-4-9-24-49(39)63(51)53-34-47-41-19-6-11-26-54(41)65-58(47)56-44-21-7-12-27-55(44)66-59(53)56/h1-34H. The maximum Gasteiger partial charge on any atom is 0.235 e. The van der Waals surface area contributed by atoms with E-state index in [1.54, 1.807) is 0 Å². The Morgan fingerprint density at radius 1 is 0.409 bits per heavy atom. The molecule has 5 heterocycles.